The third-order valence-electron chi connectivity index (χ3n) is 4.54. The van der Waals surface area contributed by atoms with Crippen LogP contribution in [0.2, 0.25) is 0 Å². The van der Waals surface area contributed by atoms with Crippen molar-refractivity contribution in [1.29, 1.82) is 0 Å². The second-order valence-corrected chi connectivity index (χ2v) is 7.83. The largest absolute Gasteiger partial charge is 0.493 e. The summed E-state index contributed by atoms with van der Waals surface area (Å²) in [7, 11) is 3.08. The van der Waals surface area contributed by atoms with Crippen LogP contribution in [0, 0.1) is 6.92 Å². The molecule has 2 aromatic carbocycles. The molecule has 0 atom stereocenters. The number of nitrogens with one attached hydrogen (secondary N) is 3. The molecule has 0 aliphatic carbocycles. The lowest BCUT2D eigenvalue weighted by Crippen LogP contribution is -2.49. The zero-order valence-electron chi connectivity index (χ0n) is 19.4. The molecule has 8 nitrogen and oxygen atoms in total. The highest BCUT2D eigenvalue weighted by Crippen LogP contribution is 2.28. The van der Waals surface area contributed by atoms with Crippen LogP contribution in [-0.2, 0) is 9.59 Å². The smallest absolute Gasteiger partial charge is 0.276 e. The lowest BCUT2D eigenvalue weighted by atomic mass is 10.0. The Morgan fingerprint density at radius 1 is 1.00 bits per heavy atom. The van der Waals surface area contributed by atoms with E-state index in [0.717, 1.165) is 16.7 Å². The van der Waals surface area contributed by atoms with Crippen LogP contribution in [0.4, 0.5) is 0 Å². The van der Waals surface area contributed by atoms with Crippen LogP contribution in [0.5, 0.6) is 17.2 Å². The summed E-state index contributed by atoms with van der Waals surface area (Å²) in [5.74, 6) is 1.16. The molecule has 0 aromatic heterocycles. The molecule has 176 valence electrons. The van der Waals surface area contributed by atoms with Gasteiger partial charge in [0, 0.05) is 6.08 Å². The predicted octanol–water partition coefficient (Wildman–Crippen LogP) is 3.25. The van der Waals surface area contributed by atoms with Crippen LogP contribution in [-0.4, -0.2) is 37.8 Å². The van der Waals surface area contributed by atoms with Gasteiger partial charge in [-0.1, -0.05) is 32.0 Å². The maximum Gasteiger partial charge on any atom is 0.276 e. The minimum Gasteiger partial charge on any atom is -0.493 e. The molecular formula is C24H29N3O5S. The number of carbonyl (C=O) groups is 2. The Bertz CT molecular complexity index is 1040. The van der Waals surface area contributed by atoms with Gasteiger partial charge in [0.25, 0.3) is 5.91 Å². The number of methoxy groups -OCH3 is 2. The Labute approximate surface area is 199 Å². The lowest BCUT2D eigenvalue weighted by Gasteiger charge is -2.15. The fourth-order valence-corrected chi connectivity index (χ4v) is 3.01. The molecule has 0 saturated heterocycles. The van der Waals surface area contributed by atoms with Crippen molar-refractivity contribution < 1.29 is 23.8 Å². The average Bonchev–Trinajstić information content (AvgIpc) is 2.79. The van der Waals surface area contributed by atoms with Crippen molar-refractivity contribution >= 4 is 35.2 Å². The molecule has 33 heavy (non-hydrogen) atoms. The first-order chi connectivity index (χ1) is 15.7. The highest BCUT2D eigenvalue weighted by molar-refractivity contribution is 7.80. The van der Waals surface area contributed by atoms with E-state index in [2.05, 4.69) is 30.0 Å². The molecule has 0 heterocycles. The fourth-order valence-electron chi connectivity index (χ4n) is 2.86. The van der Waals surface area contributed by atoms with Gasteiger partial charge < -0.3 is 14.2 Å². The van der Waals surface area contributed by atoms with Gasteiger partial charge in [0.15, 0.2) is 23.2 Å². The van der Waals surface area contributed by atoms with Crippen LogP contribution in [0.25, 0.3) is 6.08 Å². The second kappa shape index (κ2) is 12.4. The van der Waals surface area contributed by atoms with E-state index in [1.807, 2.05) is 25.1 Å². The number of rotatable bonds is 8. The summed E-state index contributed by atoms with van der Waals surface area (Å²) in [5, 5.41) is 2.39. The Morgan fingerprint density at radius 3 is 2.39 bits per heavy atom. The van der Waals surface area contributed by atoms with Crippen molar-refractivity contribution in [1.82, 2.24) is 16.2 Å². The van der Waals surface area contributed by atoms with E-state index < -0.39 is 11.8 Å². The number of carbonyl (C=O) groups excluding carboxylic acids is 2. The molecule has 0 spiro atoms. The first-order valence-electron chi connectivity index (χ1n) is 10.3. The molecule has 9 heteroatoms. The number of thiocarbonyl (C=S) groups is 1. The van der Waals surface area contributed by atoms with Gasteiger partial charge >= 0.3 is 0 Å². The number of aryl methyl sites for hydroxylation is 1. The van der Waals surface area contributed by atoms with E-state index in [-0.39, 0.29) is 17.6 Å². The van der Waals surface area contributed by atoms with Crippen molar-refractivity contribution in [2.45, 2.75) is 26.7 Å². The van der Waals surface area contributed by atoms with Crippen molar-refractivity contribution in [3.05, 3.63) is 59.2 Å². The SMILES string of the molecule is COc1ccc(C=CC(=O)NC(=S)NNC(=O)COc2cc(C)ccc2C(C)C)cc1OC. The molecule has 0 unspecified atom stereocenters. The van der Waals surface area contributed by atoms with Crippen molar-refractivity contribution in [3.63, 3.8) is 0 Å². The summed E-state index contributed by atoms with van der Waals surface area (Å²) in [6.45, 7) is 5.87. The average molecular weight is 472 g/mol. The van der Waals surface area contributed by atoms with Crippen LogP contribution < -0.4 is 30.4 Å². The maximum absolute atomic E-state index is 12.1. The van der Waals surface area contributed by atoms with Crippen LogP contribution in [0.1, 0.15) is 36.5 Å². The summed E-state index contributed by atoms with van der Waals surface area (Å²) in [6.07, 6.45) is 2.91. The number of amides is 2. The minimum absolute atomic E-state index is 0.0521. The Morgan fingerprint density at radius 2 is 1.73 bits per heavy atom. The highest BCUT2D eigenvalue weighted by atomic mass is 32.1. The third-order valence-corrected chi connectivity index (χ3v) is 4.74. The number of ether oxygens (including phenoxy) is 3. The van der Waals surface area contributed by atoms with Crippen molar-refractivity contribution in [2.24, 2.45) is 0 Å². The molecule has 0 aliphatic heterocycles. The molecular weight excluding hydrogens is 442 g/mol. The van der Waals surface area contributed by atoms with Gasteiger partial charge in [-0.15, -0.1) is 0 Å². The maximum atomic E-state index is 12.1. The van der Waals surface area contributed by atoms with Gasteiger partial charge in [-0.2, -0.15) is 0 Å². The van der Waals surface area contributed by atoms with Crippen molar-refractivity contribution in [2.75, 3.05) is 20.8 Å². The first kappa shape index (κ1) is 25.7. The van der Waals surface area contributed by atoms with E-state index in [1.54, 1.807) is 31.4 Å². The Balaban J connectivity index is 1.80. The molecule has 0 aliphatic rings. The number of benzene rings is 2. The summed E-state index contributed by atoms with van der Waals surface area (Å²) in [5.41, 5.74) is 7.68. The monoisotopic (exact) mass is 471 g/mol. The third kappa shape index (κ3) is 8.12. The molecule has 0 saturated carbocycles. The molecule has 0 radical (unpaired) electrons. The van der Waals surface area contributed by atoms with E-state index in [1.165, 1.54) is 13.2 Å². The zero-order valence-corrected chi connectivity index (χ0v) is 20.2. The van der Waals surface area contributed by atoms with Gasteiger partial charge in [0.05, 0.1) is 14.2 Å². The molecule has 0 bridgehead atoms. The summed E-state index contributed by atoms with van der Waals surface area (Å²) >= 11 is 5.03. The molecule has 0 fully saturated rings. The van der Waals surface area contributed by atoms with Crippen LogP contribution in [0.15, 0.2) is 42.5 Å². The topological polar surface area (TPSA) is 97.9 Å². The Kier molecular flexibility index (Phi) is 9.68. The van der Waals surface area contributed by atoms with Crippen LogP contribution >= 0.6 is 12.2 Å². The standard InChI is InChI=1S/C24H29N3O5S/c1-15(2)18-9-6-16(3)12-20(18)32-14-23(29)26-27-24(33)25-22(28)11-8-17-7-10-19(30-4)21(13-17)31-5/h6-13,15H,14H2,1-5H3,(H,26,29)(H2,25,27,28,33). The highest BCUT2D eigenvalue weighted by Gasteiger charge is 2.11. The second-order valence-electron chi connectivity index (χ2n) is 7.42. The first-order valence-corrected chi connectivity index (χ1v) is 10.7. The predicted molar refractivity (Wildman–Crippen MR) is 131 cm³/mol. The van der Waals surface area contributed by atoms with Gasteiger partial charge in [-0.05, 0) is 66.0 Å². The van der Waals surface area contributed by atoms with E-state index in [4.69, 9.17) is 26.4 Å². The normalized spacial score (nSPS) is 10.6. The molecule has 2 amide bonds. The quantitative estimate of drug-likeness (QED) is 0.309. The van der Waals surface area contributed by atoms with Gasteiger partial charge in [-0.3, -0.25) is 25.8 Å². The Hall–Kier alpha value is -3.59. The van der Waals surface area contributed by atoms with Gasteiger partial charge in [-0.25, -0.2) is 0 Å². The van der Waals surface area contributed by atoms with Gasteiger partial charge in [0.2, 0.25) is 5.91 Å². The van der Waals surface area contributed by atoms with Crippen molar-refractivity contribution in [3.8, 4) is 17.2 Å². The minimum atomic E-state index is -0.464. The lowest BCUT2D eigenvalue weighted by molar-refractivity contribution is -0.123. The summed E-state index contributed by atoms with van der Waals surface area (Å²) in [4.78, 5) is 24.2. The molecule has 2 rings (SSSR count). The fraction of sp³-hybridized carbons (Fsp3) is 0.292. The van der Waals surface area contributed by atoms with E-state index in [9.17, 15) is 9.59 Å². The summed E-state index contributed by atoms with van der Waals surface area (Å²) < 4.78 is 16.1. The number of hydrogen-bond donors (Lipinski definition) is 3. The molecule has 2 aromatic rings. The van der Waals surface area contributed by atoms with E-state index in [0.29, 0.717) is 17.2 Å². The zero-order chi connectivity index (χ0) is 24.4. The molecule has 3 N–H and O–H groups in total. The van der Waals surface area contributed by atoms with Gasteiger partial charge in [0.1, 0.15) is 5.75 Å². The van der Waals surface area contributed by atoms with E-state index >= 15 is 0 Å². The summed E-state index contributed by atoms with van der Waals surface area (Å²) in [6, 6.07) is 11.1. The van der Waals surface area contributed by atoms with Crippen LogP contribution in [0.3, 0.4) is 0 Å². The number of hydrogen-bond acceptors (Lipinski definition) is 6. The number of hydrazine groups is 1.